The molecule has 2 unspecified atom stereocenters. The summed E-state index contributed by atoms with van der Waals surface area (Å²) >= 11 is 2.07. The Hall–Kier alpha value is -0.890. The molecule has 6 heteroatoms. The smallest absolute Gasteiger partial charge is 0.293 e. The zero-order valence-electron chi connectivity index (χ0n) is 10.1. The Morgan fingerprint density at radius 3 is 2.94 bits per heavy atom. The molecule has 0 heterocycles. The first kappa shape index (κ1) is 13.5. The van der Waals surface area contributed by atoms with Crippen LogP contribution in [0.5, 0.6) is 0 Å². The molecular formula is C12H15IN2O3. The number of methoxy groups -OCH3 is 1. The summed E-state index contributed by atoms with van der Waals surface area (Å²) in [7, 11) is 1.69. The molecule has 1 N–H and O–H groups in total. The molecule has 1 aliphatic carbocycles. The van der Waals surface area contributed by atoms with Crippen LogP contribution in [-0.2, 0) is 4.74 Å². The number of nitrogens with zero attached hydrogens (tertiary/aromatic N) is 1. The standard InChI is InChI=1S/C12H15IN2O3/c1-18-12-4-2-3-10(12)14-9-6-5-8(13)7-11(9)15(16)17/h5-7,10,12,14H,2-4H2,1H3. The molecule has 2 atom stereocenters. The van der Waals surface area contributed by atoms with Gasteiger partial charge < -0.3 is 10.1 Å². The molecular weight excluding hydrogens is 347 g/mol. The Labute approximate surface area is 119 Å². The second kappa shape index (κ2) is 5.83. The largest absolute Gasteiger partial charge is 0.379 e. The Kier molecular flexibility index (Phi) is 4.39. The van der Waals surface area contributed by atoms with Gasteiger partial charge in [-0.2, -0.15) is 0 Å². The highest BCUT2D eigenvalue weighted by Gasteiger charge is 2.28. The van der Waals surface area contributed by atoms with Gasteiger partial charge in [0.15, 0.2) is 0 Å². The van der Waals surface area contributed by atoms with Gasteiger partial charge >= 0.3 is 0 Å². The van der Waals surface area contributed by atoms with Gasteiger partial charge in [0.25, 0.3) is 5.69 Å². The molecule has 1 fully saturated rings. The summed E-state index contributed by atoms with van der Waals surface area (Å²) in [6, 6.07) is 5.38. The van der Waals surface area contributed by atoms with Crippen LogP contribution in [0.25, 0.3) is 0 Å². The third-order valence-corrected chi connectivity index (χ3v) is 3.92. The lowest BCUT2D eigenvalue weighted by Gasteiger charge is -2.20. The number of rotatable bonds is 4. The van der Waals surface area contributed by atoms with Crippen LogP contribution in [0, 0.1) is 13.7 Å². The lowest BCUT2D eigenvalue weighted by Crippen LogP contribution is -2.29. The minimum Gasteiger partial charge on any atom is -0.379 e. The van der Waals surface area contributed by atoms with E-state index < -0.39 is 0 Å². The van der Waals surface area contributed by atoms with Gasteiger partial charge in [-0.25, -0.2) is 0 Å². The van der Waals surface area contributed by atoms with Gasteiger partial charge in [-0.1, -0.05) is 0 Å². The second-order valence-electron chi connectivity index (χ2n) is 4.37. The molecule has 1 saturated carbocycles. The van der Waals surface area contributed by atoms with Gasteiger partial charge in [0.05, 0.1) is 17.1 Å². The Morgan fingerprint density at radius 1 is 1.50 bits per heavy atom. The second-order valence-corrected chi connectivity index (χ2v) is 5.62. The molecule has 0 spiro atoms. The van der Waals surface area contributed by atoms with E-state index in [0.717, 1.165) is 22.8 Å². The van der Waals surface area contributed by atoms with Crippen molar-refractivity contribution in [3.63, 3.8) is 0 Å². The molecule has 0 aromatic heterocycles. The summed E-state index contributed by atoms with van der Waals surface area (Å²) in [6.07, 6.45) is 3.23. The number of nitrogens with one attached hydrogen (secondary N) is 1. The van der Waals surface area contributed by atoms with Gasteiger partial charge in [0.2, 0.25) is 0 Å². The van der Waals surface area contributed by atoms with Crippen molar-refractivity contribution in [2.45, 2.75) is 31.4 Å². The number of hydrogen-bond acceptors (Lipinski definition) is 4. The molecule has 0 aliphatic heterocycles. The van der Waals surface area contributed by atoms with E-state index in [1.807, 2.05) is 6.07 Å². The van der Waals surface area contributed by atoms with Crippen LogP contribution in [0.4, 0.5) is 11.4 Å². The van der Waals surface area contributed by atoms with Crippen LogP contribution in [0.15, 0.2) is 18.2 Å². The van der Waals surface area contributed by atoms with Crippen molar-refractivity contribution in [1.29, 1.82) is 0 Å². The fourth-order valence-corrected chi connectivity index (χ4v) is 2.83. The summed E-state index contributed by atoms with van der Waals surface area (Å²) < 4.78 is 6.25. The fourth-order valence-electron chi connectivity index (χ4n) is 2.35. The lowest BCUT2D eigenvalue weighted by atomic mass is 10.2. The molecule has 1 aromatic rings. The van der Waals surface area contributed by atoms with Gasteiger partial charge in [-0.3, -0.25) is 10.1 Å². The monoisotopic (exact) mass is 362 g/mol. The van der Waals surface area contributed by atoms with Crippen molar-refractivity contribution in [3.05, 3.63) is 31.9 Å². The Balaban J connectivity index is 2.20. The van der Waals surface area contributed by atoms with Crippen LogP contribution < -0.4 is 5.32 Å². The molecule has 98 valence electrons. The predicted octanol–water partition coefficient (Wildman–Crippen LogP) is 3.18. The SMILES string of the molecule is COC1CCCC1Nc1ccc(I)cc1[N+](=O)[O-]. The third-order valence-electron chi connectivity index (χ3n) is 3.25. The van der Waals surface area contributed by atoms with Gasteiger partial charge in [-0.15, -0.1) is 0 Å². The molecule has 0 radical (unpaired) electrons. The van der Waals surface area contributed by atoms with Crippen molar-refractivity contribution in [2.75, 3.05) is 12.4 Å². The Bertz CT molecular complexity index is 453. The average Bonchev–Trinajstić information content (AvgIpc) is 2.78. The minimum absolute atomic E-state index is 0.128. The summed E-state index contributed by atoms with van der Waals surface area (Å²) in [4.78, 5) is 10.7. The van der Waals surface area contributed by atoms with Crippen LogP contribution in [-0.4, -0.2) is 24.2 Å². The summed E-state index contributed by atoms with van der Waals surface area (Å²) in [6.45, 7) is 0. The quantitative estimate of drug-likeness (QED) is 0.508. The highest BCUT2D eigenvalue weighted by atomic mass is 127. The maximum absolute atomic E-state index is 11.0. The molecule has 1 aliphatic rings. The molecule has 18 heavy (non-hydrogen) atoms. The third kappa shape index (κ3) is 2.92. The van der Waals surface area contributed by atoms with Crippen molar-refractivity contribution in [3.8, 4) is 0 Å². The van der Waals surface area contributed by atoms with Crippen LogP contribution in [0.1, 0.15) is 19.3 Å². The van der Waals surface area contributed by atoms with Crippen LogP contribution >= 0.6 is 22.6 Å². The molecule has 5 nitrogen and oxygen atoms in total. The van der Waals surface area contributed by atoms with Crippen molar-refractivity contribution in [2.24, 2.45) is 0 Å². The zero-order chi connectivity index (χ0) is 13.1. The van der Waals surface area contributed by atoms with Crippen molar-refractivity contribution < 1.29 is 9.66 Å². The Morgan fingerprint density at radius 2 is 2.28 bits per heavy atom. The fraction of sp³-hybridized carbons (Fsp3) is 0.500. The lowest BCUT2D eigenvalue weighted by molar-refractivity contribution is -0.384. The number of nitro groups is 1. The maximum atomic E-state index is 11.0. The summed E-state index contributed by atoms with van der Waals surface area (Å²) in [5.74, 6) is 0. The average molecular weight is 362 g/mol. The number of ether oxygens (including phenoxy) is 1. The number of halogens is 1. The predicted molar refractivity (Wildman–Crippen MR) is 77.9 cm³/mol. The summed E-state index contributed by atoms with van der Waals surface area (Å²) in [5.41, 5.74) is 0.706. The first-order valence-corrected chi connectivity index (χ1v) is 6.93. The highest BCUT2D eigenvalue weighted by molar-refractivity contribution is 14.1. The van der Waals surface area contributed by atoms with Gasteiger partial charge in [0, 0.05) is 16.7 Å². The normalized spacial score (nSPS) is 23.0. The van der Waals surface area contributed by atoms with E-state index in [9.17, 15) is 10.1 Å². The van der Waals surface area contributed by atoms with E-state index in [-0.39, 0.29) is 22.8 Å². The van der Waals surface area contributed by atoms with E-state index >= 15 is 0 Å². The molecule has 1 aromatic carbocycles. The van der Waals surface area contributed by atoms with Gasteiger partial charge in [-0.05, 0) is 54.0 Å². The van der Waals surface area contributed by atoms with Crippen LogP contribution in [0.3, 0.4) is 0 Å². The van der Waals surface area contributed by atoms with E-state index in [0.29, 0.717) is 5.69 Å². The maximum Gasteiger partial charge on any atom is 0.293 e. The number of benzene rings is 1. The topological polar surface area (TPSA) is 64.4 Å². The van der Waals surface area contributed by atoms with Crippen LogP contribution in [0.2, 0.25) is 0 Å². The first-order chi connectivity index (χ1) is 8.61. The number of nitro benzene ring substituents is 1. The summed E-state index contributed by atoms with van der Waals surface area (Å²) in [5, 5.41) is 14.3. The molecule has 2 rings (SSSR count). The first-order valence-electron chi connectivity index (χ1n) is 5.85. The van der Waals surface area contributed by atoms with E-state index in [1.165, 1.54) is 0 Å². The number of hydrogen-bond donors (Lipinski definition) is 1. The van der Waals surface area contributed by atoms with Crippen molar-refractivity contribution in [1.82, 2.24) is 0 Å². The number of anilines is 1. The minimum atomic E-state index is -0.346. The zero-order valence-corrected chi connectivity index (χ0v) is 12.2. The van der Waals surface area contributed by atoms with E-state index in [2.05, 4.69) is 27.9 Å². The van der Waals surface area contributed by atoms with E-state index in [1.54, 1.807) is 19.2 Å². The molecule has 0 amide bonds. The molecule has 0 bridgehead atoms. The molecule has 0 saturated heterocycles. The van der Waals surface area contributed by atoms with E-state index in [4.69, 9.17) is 4.74 Å². The highest BCUT2D eigenvalue weighted by Crippen LogP contribution is 2.31. The van der Waals surface area contributed by atoms with Crippen molar-refractivity contribution >= 4 is 34.0 Å². The van der Waals surface area contributed by atoms with Gasteiger partial charge in [0.1, 0.15) is 5.69 Å².